The fourth-order valence-electron chi connectivity index (χ4n) is 1.99. The molecule has 5 nitrogen and oxygen atoms in total. The Kier molecular flexibility index (Phi) is 5.18. The highest BCUT2D eigenvalue weighted by molar-refractivity contribution is 5.94. The Morgan fingerprint density at radius 3 is 3.11 bits per heavy atom. The van der Waals surface area contributed by atoms with Crippen molar-refractivity contribution in [3.63, 3.8) is 0 Å². The third kappa shape index (κ3) is 3.94. The van der Waals surface area contributed by atoms with Crippen LogP contribution in [0.4, 0.5) is 0 Å². The molecule has 1 heterocycles. The van der Waals surface area contributed by atoms with Crippen LogP contribution in [0.5, 0.6) is 5.75 Å². The zero-order chi connectivity index (χ0) is 13.5. The molecule has 0 saturated carbocycles. The van der Waals surface area contributed by atoms with E-state index in [2.05, 4.69) is 10.6 Å². The Balaban J connectivity index is 1.74. The minimum Gasteiger partial charge on any atom is -0.493 e. The van der Waals surface area contributed by atoms with Crippen LogP contribution in [-0.2, 0) is 11.2 Å². The van der Waals surface area contributed by atoms with Crippen LogP contribution < -0.4 is 15.4 Å². The fraction of sp³-hybridized carbons (Fsp3) is 0.500. The molecule has 1 aromatic carbocycles. The van der Waals surface area contributed by atoms with E-state index < -0.39 is 0 Å². The maximum atomic E-state index is 11.9. The first-order valence-electron chi connectivity index (χ1n) is 6.55. The first kappa shape index (κ1) is 13.8. The van der Waals surface area contributed by atoms with E-state index in [-0.39, 0.29) is 5.91 Å². The maximum absolute atomic E-state index is 11.9. The summed E-state index contributed by atoms with van der Waals surface area (Å²) in [6.45, 7) is 3.53. The molecule has 0 unspecified atom stereocenters. The van der Waals surface area contributed by atoms with Gasteiger partial charge in [0.25, 0.3) is 5.91 Å². The van der Waals surface area contributed by atoms with Crippen LogP contribution in [0.1, 0.15) is 15.9 Å². The normalized spacial score (nSPS) is 12.9. The van der Waals surface area contributed by atoms with E-state index in [0.717, 1.165) is 30.8 Å². The fourth-order valence-corrected chi connectivity index (χ4v) is 1.99. The predicted molar refractivity (Wildman–Crippen MR) is 72.7 cm³/mol. The van der Waals surface area contributed by atoms with E-state index in [9.17, 15) is 4.79 Å². The van der Waals surface area contributed by atoms with E-state index in [1.807, 2.05) is 12.1 Å². The van der Waals surface area contributed by atoms with Gasteiger partial charge < -0.3 is 20.1 Å². The number of fused-ring (bicyclic) bond motifs is 1. The molecule has 0 bridgehead atoms. The van der Waals surface area contributed by atoms with Gasteiger partial charge in [0.1, 0.15) is 5.75 Å². The number of methoxy groups -OCH3 is 1. The summed E-state index contributed by atoms with van der Waals surface area (Å²) in [7, 11) is 1.67. The molecule has 0 saturated heterocycles. The zero-order valence-corrected chi connectivity index (χ0v) is 11.2. The molecule has 0 aliphatic carbocycles. The lowest BCUT2D eigenvalue weighted by molar-refractivity contribution is 0.0953. The molecule has 5 heteroatoms. The Bertz CT molecular complexity index is 435. The van der Waals surface area contributed by atoms with Gasteiger partial charge in [-0.3, -0.25) is 4.79 Å². The Labute approximate surface area is 113 Å². The molecule has 1 aliphatic heterocycles. The summed E-state index contributed by atoms with van der Waals surface area (Å²) in [5.74, 6) is 0.862. The number of ether oxygens (including phenoxy) is 2. The van der Waals surface area contributed by atoms with Crippen molar-refractivity contribution >= 4 is 5.91 Å². The second-order valence-electron chi connectivity index (χ2n) is 4.42. The maximum Gasteiger partial charge on any atom is 0.251 e. The Morgan fingerprint density at radius 2 is 2.26 bits per heavy atom. The predicted octanol–water partition coefficient (Wildman–Crippen LogP) is 0.587. The average Bonchev–Trinajstić information content (AvgIpc) is 2.89. The first-order chi connectivity index (χ1) is 9.31. The smallest absolute Gasteiger partial charge is 0.251 e. The number of hydrogen-bond acceptors (Lipinski definition) is 4. The summed E-state index contributed by atoms with van der Waals surface area (Å²) < 4.78 is 10.3. The van der Waals surface area contributed by atoms with Gasteiger partial charge in [0.15, 0.2) is 0 Å². The molecule has 104 valence electrons. The summed E-state index contributed by atoms with van der Waals surface area (Å²) in [6.07, 6.45) is 0.884. The van der Waals surface area contributed by atoms with Crippen LogP contribution in [0.15, 0.2) is 18.2 Å². The first-order valence-corrected chi connectivity index (χ1v) is 6.55. The minimum atomic E-state index is -0.0387. The third-order valence-electron chi connectivity index (χ3n) is 3.02. The summed E-state index contributed by atoms with van der Waals surface area (Å²) in [6, 6.07) is 5.59. The van der Waals surface area contributed by atoms with Gasteiger partial charge in [0, 0.05) is 38.7 Å². The van der Waals surface area contributed by atoms with Crippen LogP contribution in [0, 0.1) is 0 Å². The van der Waals surface area contributed by atoms with Gasteiger partial charge in [-0.25, -0.2) is 0 Å². The van der Waals surface area contributed by atoms with Crippen LogP contribution in [-0.4, -0.2) is 45.9 Å². The third-order valence-corrected chi connectivity index (χ3v) is 3.02. The molecule has 1 amide bonds. The van der Waals surface area contributed by atoms with Crippen LogP contribution in [0.2, 0.25) is 0 Å². The number of carbonyl (C=O) groups excluding carboxylic acids is 1. The highest BCUT2D eigenvalue weighted by Crippen LogP contribution is 2.25. The second-order valence-corrected chi connectivity index (χ2v) is 4.42. The standard InChI is InChI=1S/C14H20N2O3/c1-18-9-7-15-5-6-16-14(17)12-2-3-13-11(10-12)4-8-19-13/h2-3,10,15H,4-9H2,1H3,(H,16,17). The number of rotatable bonds is 7. The van der Waals surface area contributed by atoms with E-state index in [1.54, 1.807) is 13.2 Å². The van der Waals surface area contributed by atoms with Gasteiger partial charge in [-0.1, -0.05) is 0 Å². The molecule has 1 aliphatic rings. The molecule has 0 spiro atoms. The molecular weight excluding hydrogens is 244 g/mol. The lowest BCUT2D eigenvalue weighted by Crippen LogP contribution is -2.33. The van der Waals surface area contributed by atoms with E-state index in [4.69, 9.17) is 9.47 Å². The summed E-state index contributed by atoms with van der Waals surface area (Å²) >= 11 is 0. The summed E-state index contributed by atoms with van der Waals surface area (Å²) in [4.78, 5) is 11.9. The monoisotopic (exact) mass is 264 g/mol. The topological polar surface area (TPSA) is 59.6 Å². The van der Waals surface area contributed by atoms with Crippen molar-refractivity contribution < 1.29 is 14.3 Å². The molecule has 2 rings (SSSR count). The van der Waals surface area contributed by atoms with Crippen molar-refractivity contribution in [3.05, 3.63) is 29.3 Å². The highest BCUT2D eigenvalue weighted by atomic mass is 16.5. The number of benzene rings is 1. The lowest BCUT2D eigenvalue weighted by atomic mass is 10.1. The number of amides is 1. The molecule has 1 aromatic rings. The molecule has 0 radical (unpaired) electrons. The van der Waals surface area contributed by atoms with Crippen molar-refractivity contribution in [2.24, 2.45) is 0 Å². The second kappa shape index (κ2) is 7.11. The van der Waals surface area contributed by atoms with Gasteiger partial charge >= 0.3 is 0 Å². The largest absolute Gasteiger partial charge is 0.493 e. The lowest BCUT2D eigenvalue weighted by Gasteiger charge is -2.07. The number of hydrogen-bond donors (Lipinski definition) is 2. The average molecular weight is 264 g/mol. The molecule has 0 atom stereocenters. The van der Waals surface area contributed by atoms with E-state index >= 15 is 0 Å². The van der Waals surface area contributed by atoms with Crippen molar-refractivity contribution in [1.82, 2.24) is 10.6 Å². The molecule has 0 fully saturated rings. The summed E-state index contributed by atoms with van der Waals surface area (Å²) in [5.41, 5.74) is 1.81. The molecule has 2 N–H and O–H groups in total. The number of nitrogens with one attached hydrogen (secondary N) is 2. The zero-order valence-electron chi connectivity index (χ0n) is 11.2. The van der Waals surface area contributed by atoms with Gasteiger partial charge in [0.05, 0.1) is 13.2 Å². The van der Waals surface area contributed by atoms with Crippen molar-refractivity contribution in [2.75, 3.05) is 40.0 Å². The van der Waals surface area contributed by atoms with Gasteiger partial charge in [-0.15, -0.1) is 0 Å². The van der Waals surface area contributed by atoms with Gasteiger partial charge in [0.2, 0.25) is 0 Å². The number of carbonyl (C=O) groups is 1. The SMILES string of the molecule is COCCNCCNC(=O)c1ccc2c(c1)CCO2. The van der Waals surface area contributed by atoms with Gasteiger partial charge in [-0.05, 0) is 23.8 Å². The summed E-state index contributed by atoms with van der Waals surface area (Å²) in [5, 5.41) is 6.06. The quantitative estimate of drug-likeness (QED) is 0.708. The Hall–Kier alpha value is -1.59. The molecule has 19 heavy (non-hydrogen) atoms. The highest BCUT2D eigenvalue weighted by Gasteiger charge is 2.14. The Morgan fingerprint density at radius 1 is 1.37 bits per heavy atom. The van der Waals surface area contributed by atoms with Crippen LogP contribution in [0.3, 0.4) is 0 Å². The van der Waals surface area contributed by atoms with Gasteiger partial charge in [-0.2, -0.15) is 0 Å². The van der Waals surface area contributed by atoms with Crippen LogP contribution >= 0.6 is 0 Å². The van der Waals surface area contributed by atoms with Crippen LogP contribution in [0.25, 0.3) is 0 Å². The molecule has 0 aromatic heterocycles. The van der Waals surface area contributed by atoms with E-state index in [1.165, 1.54) is 0 Å². The van der Waals surface area contributed by atoms with Crippen molar-refractivity contribution in [1.29, 1.82) is 0 Å². The van der Waals surface area contributed by atoms with E-state index in [0.29, 0.717) is 25.3 Å². The minimum absolute atomic E-state index is 0.0387. The van der Waals surface area contributed by atoms with Crippen molar-refractivity contribution in [3.8, 4) is 5.75 Å². The van der Waals surface area contributed by atoms with Crippen molar-refractivity contribution in [2.45, 2.75) is 6.42 Å². The molecular formula is C14H20N2O3.